The van der Waals surface area contributed by atoms with Crippen molar-refractivity contribution in [2.45, 2.75) is 5.38 Å². The first-order chi connectivity index (χ1) is 8.61. The average Bonchev–Trinajstić information content (AvgIpc) is 2.37. The number of ether oxygens (including phenoxy) is 1. The van der Waals surface area contributed by atoms with Gasteiger partial charge in [0.25, 0.3) is 0 Å². The zero-order chi connectivity index (χ0) is 13.1. The van der Waals surface area contributed by atoms with E-state index in [-0.39, 0.29) is 5.75 Å². The number of rotatable bonds is 3. The van der Waals surface area contributed by atoms with Gasteiger partial charge in [-0.25, -0.2) is 4.39 Å². The Bertz CT molecular complexity index is 557. The predicted octanol–water partition coefficient (Wildman–Crippen LogP) is 4.82. The van der Waals surface area contributed by atoms with Gasteiger partial charge >= 0.3 is 0 Å². The van der Waals surface area contributed by atoms with Crippen LogP contribution in [0.3, 0.4) is 0 Å². The van der Waals surface area contributed by atoms with Crippen LogP contribution in [0.25, 0.3) is 0 Å². The SMILES string of the molecule is COc1ccc(C(Cl)c2cccc(Cl)c2)cc1F. The van der Waals surface area contributed by atoms with Gasteiger partial charge in [-0.05, 0) is 35.4 Å². The molecular weight excluding hydrogens is 274 g/mol. The lowest BCUT2D eigenvalue weighted by Gasteiger charge is -2.12. The van der Waals surface area contributed by atoms with E-state index < -0.39 is 11.2 Å². The number of halogens is 3. The van der Waals surface area contributed by atoms with Crippen LogP contribution in [0.2, 0.25) is 5.02 Å². The molecule has 1 nitrogen and oxygen atoms in total. The highest BCUT2D eigenvalue weighted by molar-refractivity contribution is 6.30. The standard InChI is InChI=1S/C14H11Cl2FO/c1-18-13-6-5-10(8-12(13)17)14(16)9-3-2-4-11(15)7-9/h2-8,14H,1H3. The molecule has 0 aromatic heterocycles. The number of benzene rings is 2. The van der Waals surface area contributed by atoms with Crippen molar-refractivity contribution >= 4 is 23.2 Å². The van der Waals surface area contributed by atoms with Crippen molar-refractivity contribution in [1.29, 1.82) is 0 Å². The molecule has 18 heavy (non-hydrogen) atoms. The van der Waals surface area contributed by atoms with Crippen LogP contribution in [-0.2, 0) is 0 Å². The molecule has 0 spiro atoms. The quantitative estimate of drug-likeness (QED) is 0.735. The third-order valence-corrected chi connectivity index (χ3v) is 3.35. The summed E-state index contributed by atoms with van der Waals surface area (Å²) in [5.74, 6) is -0.226. The molecule has 0 amide bonds. The van der Waals surface area contributed by atoms with E-state index in [0.717, 1.165) is 5.56 Å². The Hall–Kier alpha value is -1.25. The second-order valence-electron chi connectivity index (χ2n) is 3.81. The van der Waals surface area contributed by atoms with Gasteiger partial charge in [-0.1, -0.05) is 29.8 Å². The first-order valence-corrected chi connectivity index (χ1v) is 6.16. The molecule has 0 aliphatic rings. The minimum Gasteiger partial charge on any atom is -0.494 e. The summed E-state index contributed by atoms with van der Waals surface area (Å²) in [6, 6.07) is 11.9. The molecule has 2 rings (SSSR count). The molecule has 94 valence electrons. The van der Waals surface area contributed by atoms with Crippen LogP contribution in [0, 0.1) is 5.82 Å². The average molecular weight is 285 g/mol. The van der Waals surface area contributed by atoms with Gasteiger partial charge in [0.1, 0.15) is 0 Å². The first kappa shape index (κ1) is 13.2. The Labute approximate surface area is 115 Å². The molecule has 4 heteroatoms. The van der Waals surface area contributed by atoms with Gasteiger partial charge in [0.15, 0.2) is 11.6 Å². The normalized spacial score (nSPS) is 12.2. The van der Waals surface area contributed by atoms with Crippen molar-refractivity contribution in [1.82, 2.24) is 0 Å². The van der Waals surface area contributed by atoms with E-state index >= 15 is 0 Å². The molecule has 1 atom stereocenters. The molecule has 0 saturated carbocycles. The van der Waals surface area contributed by atoms with Gasteiger partial charge in [-0.2, -0.15) is 0 Å². The van der Waals surface area contributed by atoms with Gasteiger partial charge in [0.2, 0.25) is 0 Å². The number of hydrogen-bond donors (Lipinski definition) is 0. The summed E-state index contributed by atoms with van der Waals surface area (Å²) < 4.78 is 18.5. The van der Waals surface area contributed by atoms with E-state index in [0.29, 0.717) is 10.6 Å². The Morgan fingerprint density at radius 2 is 1.83 bits per heavy atom. The molecule has 0 radical (unpaired) electrons. The van der Waals surface area contributed by atoms with Crippen molar-refractivity contribution < 1.29 is 9.13 Å². The number of hydrogen-bond acceptors (Lipinski definition) is 1. The van der Waals surface area contributed by atoms with Crippen LogP contribution in [-0.4, -0.2) is 7.11 Å². The maximum absolute atomic E-state index is 13.6. The molecule has 0 aliphatic heterocycles. The summed E-state index contributed by atoms with van der Waals surface area (Å²) >= 11 is 12.2. The van der Waals surface area contributed by atoms with E-state index in [1.54, 1.807) is 24.3 Å². The van der Waals surface area contributed by atoms with E-state index in [9.17, 15) is 4.39 Å². The van der Waals surface area contributed by atoms with Crippen molar-refractivity contribution in [3.8, 4) is 5.75 Å². The van der Waals surface area contributed by atoms with Crippen molar-refractivity contribution in [2.24, 2.45) is 0 Å². The van der Waals surface area contributed by atoms with Crippen LogP contribution in [0.5, 0.6) is 5.75 Å². The second kappa shape index (κ2) is 5.59. The van der Waals surface area contributed by atoms with Crippen molar-refractivity contribution in [2.75, 3.05) is 7.11 Å². The lowest BCUT2D eigenvalue weighted by molar-refractivity contribution is 0.386. The molecule has 0 fully saturated rings. The molecule has 0 heterocycles. The lowest BCUT2D eigenvalue weighted by atomic mass is 10.0. The maximum atomic E-state index is 13.6. The lowest BCUT2D eigenvalue weighted by Crippen LogP contribution is -1.96. The third kappa shape index (κ3) is 2.77. The van der Waals surface area contributed by atoms with Crippen molar-refractivity contribution in [3.63, 3.8) is 0 Å². The van der Waals surface area contributed by atoms with E-state index in [1.165, 1.54) is 13.2 Å². The minimum absolute atomic E-state index is 0.203. The minimum atomic E-state index is -0.441. The molecule has 0 aliphatic carbocycles. The zero-order valence-electron chi connectivity index (χ0n) is 9.66. The van der Waals surface area contributed by atoms with Gasteiger partial charge in [0, 0.05) is 5.02 Å². The Morgan fingerprint density at radius 1 is 1.11 bits per heavy atom. The summed E-state index contributed by atoms with van der Waals surface area (Å²) in [5, 5.41) is 0.163. The Kier molecular flexibility index (Phi) is 4.10. The smallest absolute Gasteiger partial charge is 0.165 e. The predicted molar refractivity (Wildman–Crippen MR) is 72.1 cm³/mol. The molecule has 1 unspecified atom stereocenters. The fraction of sp³-hybridized carbons (Fsp3) is 0.143. The molecule has 2 aromatic rings. The number of alkyl halides is 1. The first-order valence-electron chi connectivity index (χ1n) is 5.35. The van der Waals surface area contributed by atoms with E-state index in [4.69, 9.17) is 27.9 Å². The molecule has 0 saturated heterocycles. The third-order valence-electron chi connectivity index (χ3n) is 2.61. The summed E-state index contributed by atoms with van der Waals surface area (Å²) in [6.45, 7) is 0. The summed E-state index contributed by atoms with van der Waals surface area (Å²) in [4.78, 5) is 0. The van der Waals surface area contributed by atoms with Gasteiger partial charge in [-0.15, -0.1) is 11.6 Å². The zero-order valence-corrected chi connectivity index (χ0v) is 11.2. The highest BCUT2D eigenvalue weighted by Gasteiger charge is 2.13. The Morgan fingerprint density at radius 3 is 2.44 bits per heavy atom. The van der Waals surface area contributed by atoms with Crippen LogP contribution in [0.15, 0.2) is 42.5 Å². The molecule has 2 aromatic carbocycles. The summed E-state index contributed by atoms with van der Waals surface area (Å²) in [5.41, 5.74) is 1.49. The molecule has 0 N–H and O–H groups in total. The number of methoxy groups -OCH3 is 1. The van der Waals surface area contributed by atoms with Crippen LogP contribution < -0.4 is 4.74 Å². The summed E-state index contributed by atoms with van der Waals surface area (Å²) in [6.07, 6.45) is 0. The largest absolute Gasteiger partial charge is 0.494 e. The molecular formula is C14H11Cl2FO. The monoisotopic (exact) mass is 284 g/mol. The fourth-order valence-electron chi connectivity index (χ4n) is 1.70. The van der Waals surface area contributed by atoms with Gasteiger partial charge in [0.05, 0.1) is 12.5 Å². The highest BCUT2D eigenvalue weighted by atomic mass is 35.5. The van der Waals surface area contributed by atoms with Crippen LogP contribution >= 0.6 is 23.2 Å². The van der Waals surface area contributed by atoms with E-state index in [2.05, 4.69) is 0 Å². The van der Waals surface area contributed by atoms with Crippen LogP contribution in [0.4, 0.5) is 4.39 Å². The van der Waals surface area contributed by atoms with Gasteiger partial charge in [-0.3, -0.25) is 0 Å². The van der Waals surface area contributed by atoms with E-state index in [1.807, 2.05) is 12.1 Å². The highest BCUT2D eigenvalue weighted by Crippen LogP contribution is 2.32. The fourth-order valence-corrected chi connectivity index (χ4v) is 2.17. The maximum Gasteiger partial charge on any atom is 0.165 e. The summed E-state index contributed by atoms with van der Waals surface area (Å²) in [7, 11) is 1.42. The second-order valence-corrected chi connectivity index (χ2v) is 4.68. The van der Waals surface area contributed by atoms with Gasteiger partial charge < -0.3 is 4.74 Å². The van der Waals surface area contributed by atoms with Crippen LogP contribution in [0.1, 0.15) is 16.5 Å². The topological polar surface area (TPSA) is 9.23 Å². The van der Waals surface area contributed by atoms with Crippen molar-refractivity contribution in [3.05, 3.63) is 64.4 Å². The Balaban J connectivity index is 2.34. The molecule has 0 bridgehead atoms.